The number of aromatic nitrogens is 1. The molecule has 0 N–H and O–H groups in total. The van der Waals surface area contributed by atoms with E-state index in [2.05, 4.69) is 4.99 Å². The van der Waals surface area contributed by atoms with Gasteiger partial charge in [-0.1, -0.05) is 40.6 Å². The Balaban J connectivity index is 2.08. The smallest absolute Gasteiger partial charge is 0.253 e. The Bertz CT molecular complexity index is 930. The van der Waals surface area contributed by atoms with E-state index in [0.29, 0.717) is 28.0 Å². The number of ether oxygens (including phenoxy) is 1. The summed E-state index contributed by atoms with van der Waals surface area (Å²) in [4.78, 5) is 18.1. The quantitative estimate of drug-likeness (QED) is 0.637. The maximum atomic E-state index is 12.3. The van der Waals surface area contributed by atoms with Crippen LogP contribution in [0.4, 0.5) is 0 Å². The Kier molecular flexibility index (Phi) is 5.73. The Labute approximate surface area is 156 Å². The number of hydrogen-bond donors (Lipinski definition) is 0. The molecule has 0 unspecified atom stereocenters. The lowest BCUT2D eigenvalue weighted by molar-refractivity contribution is -0.117. The number of fused-ring (bicyclic) bond motifs is 1. The minimum absolute atomic E-state index is 0.192. The zero-order chi connectivity index (χ0) is 17.1. The van der Waals surface area contributed by atoms with Crippen LogP contribution in [-0.4, -0.2) is 24.2 Å². The molecule has 0 aliphatic rings. The van der Waals surface area contributed by atoms with Crippen LogP contribution in [0.25, 0.3) is 10.2 Å². The predicted molar refractivity (Wildman–Crippen MR) is 100 cm³/mol. The Morgan fingerprint density at radius 3 is 2.79 bits per heavy atom. The number of amides is 1. The fourth-order valence-electron chi connectivity index (χ4n) is 2.29. The van der Waals surface area contributed by atoms with E-state index in [4.69, 9.17) is 27.9 Å². The van der Waals surface area contributed by atoms with Crippen LogP contribution >= 0.6 is 45.9 Å². The second kappa shape index (κ2) is 7.80. The van der Waals surface area contributed by atoms with Crippen LogP contribution in [0.2, 0.25) is 10.0 Å². The van der Waals surface area contributed by atoms with Crippen molar-refractivity contribution in [1.82, 2.24) is 4.57 Å². The molecule has 0 bridgehead atoms. The summed E-state index contributed by atoms with van der Waals surface area (Å²) < 4.78 is 7.88. The lowest BCUT2D eigenvalue weighted by atomic mass is 10.3. The van der Waals surface area contributed by atoms with Gasteiger partial charge in [0.2, 0.25) is 0 Å². The number of halogens is 2. The summed E-state index contributed by atoms with van der Waals surface area (Å²) in [5, 5.41) is 3.12. The van der Waals surface area contributed by atoms with Crippen LogP contribution in [0.5, 0.6) is 0 Å². The van der Waals surface area contributed by atoms with Gasteiger partial charge in [0.1, 0.15) is 0 Å². The standard InChI is InChI=1S/C16H14Cl2N2O2S2/c1-22-7-6-20-14-11(17)4-5-12(18)15(14)24-16(20)19-13(21)9-10-3-2-8-23-10/h2-5,8H,6-7,9H2,1H3. The summed E-state index contributed by atoms with van der Waals surface area (Å²) in [6.45, 7) is 1.03. The summed E-state index contributed by atoms with van der Waals surface area (Å²) >= 11 is 15.5. The predicted octanol–water partition coefficient (Wildman–Crippen LogP) is 4.39. The van der Waals surface area contributed by atoms with Crippen molar-refractivity contribution < 1.29 is 9.53 Å². The Hall–Kier alpha value is -1.18. The summed E-state index contributed by atoms with van der Waals surface area (Å²) in [6, 6.07) is 7.35. The van der Waals surface area contributed by atoms with Gasteiger partial charge in [0.15, 0.2) is 4.80 Å². The minimum atomic E-state index is -0.192. The van der Waals surface area contributed by atoms with E-state index in [1.54, 1.807) is 30.6 Å². The van der Waals surface area contributed by atoms with E-state index in [1.165, 1.54) is 11.3 Å². The number of nitrogens with zero attached hydrogens (tertiary/aromatic N) is 2. The Morgan fingerprint density at radius 2 is 2.08 bits per heavy atom. The largest absolute Gasteiger partial charge is 0.383 e. The highest BCUT2D eigenvalue weighted by atomic mass is 35.5. The van der Waals surface area contributed by atoms with Crippen molar-refractivity contribution in [3.05, 3.63) is 49.4 Å². The molecule has 0 aliphatic carbocycles. The van der Waals surface area contributed by atoms with Crippen LogP contribution in [0, 0.1) is 0 Å². The number of carbonyl (C=O) groups is 1. The summed E-state index contributed by atoms with van der Waals surface area (Å²) in [6.07, 6.45) is 0.289. The van der Waals surface area contributed by atoms with E-state index in [9.17, 15) is 4.79 Å². The fraction of sp³-hybridized carbons (Fsp3) is 0.250. The molecule has 0 radical (unpaired) electrons. The molecule has 24 heavy (non-hydrogen) atoms. The molecule has 0 fully saturated rings. The topological polar surface area (TPSA) is 43.6 Å². The molecule has 0 atom stereocenters. The maximum absolute atomic E-state index is 12.3. The van der Waals surface area contributed by atoms with Gasteiger partial charge in [0, 0.05) is 18.5 Å². The second-order valence-electron chi connectivity index (χ2n) is 5.00. The number of methoxy groups -OCH3 is 1. The summed E-state index contributed by atoms with van der Waals surface area (Å²) in [5.74, 6) is -0.192. The number of benzene rings is 1. The first-order valence-corrected chi connectivity index (χ1v) is 9.61. The van der Waals surface area contributed by atoms with Gasteiger partial charge in [0.25, 0.3) is 5.91 Å². The van der Waals surface area contributed by atoms with E-state index in [-0.39, 0.29) is 12.3 Å². The van der Waals surface area contributed by atoms with Gasteiger partial charge in [-0.05, 0) is 23.6 Å². The highest BCUT2D eigenvalue weighted by Gasteiger charge is 2.14. The molecule has 1 aromatic carbocycles. The highest BCUT2D eigenvalue weighted by Crippen LogP contribution is 2.31. The number of thiazole rings is 1. The monoisotopic (exact) mass is 400 g/mol. The van der Waals surface area contributed by atoms with Gasteiger partial charge in [-0.25, -0.2) is 0 Å². The van der Waals surface area contributed by atoms with Gasteiger partial charge in [-0.15, -0.1) is 11.3 Å². The lowest BCUT2D eigenvalue weighted by Crippen LogP contribution is -2.19. The molecule has 0 saturated heterocycles. The van der Waals surface area contributed by atoms with Crippen molar-refractivity contribution in [2.45, 2.75) is 13.0 Å². The molecule has 1 amide bonds. The normalized spacial score (nSPS) is 12.2. The molecule has 2 aromatic heterocycles. The molecule has 3 aromatic rings. The van der Waals surface area contributed by atoms with E-state index in [1.807, 2.05) is 22.1 Å². The van der Waals surface area contributed by atoms with E-state index >= 15 is 0 Å². The molecule has 0 saturated carbocycles. The van der Waals surface area contributed by atoms with Gasteiger partial charge in [0.05, 0.1) is 33.3 Å². The molecular weight excluding hydrogens is 387 g/mol. The second-order valence-corrected chi connectivity index (χ2v) is 7.82. The van der Waals surface area contributed by atoms with Gasteiger partial charge >= 0.3 is 0 Å². The molecule has 8 heteroatoms. The molecule has 4 nitrogen and oxygen atoms in total. The minimum Gasteiger partial charge on any atom is -0.383 e. The van der Waals surface area contributed by atoms with Crippen molar-refractivity contribution in [1.29, 1.82) is 0 Å². The first-order valence-electron chi connectivity index (χ1n) is 7.16. The molecule has 126 valence electrons. The third-order valence-electron chi connectivity index (χ3n) is 3.37. The van der Waals surface area contributed by atoms with Crippen molar-refractivity contribution in [2.75, 3.05) is 13.7 Å². The Morgan fingerprint density at radius 1 is 1.29 bits per heavy atom. The van der Waals surface area contributed by atoms with Crippen molar-refractivity contribution in [3.8, 4) is 0 Å². The lowest BCUT2D eigenvalue weighted by Gasteiger charge is -2.06. The fourth-order valence-corrected chi connectivity index (χ4v) is 4.68. The average Bonchev–Trinajstić information content (AvgIpc) is 3.17. The zero-order valence-corrected chi connectivity index (χ0v) is 15.9. The molecular formula is C16H14Cl2N2O2S2. The van der Waals surface area contributed by atoms with Gasteiger partial charge < -0.3 is 9.30 Å². The zero-order valence-electron chi connectivity index (χ0n) is 12.8. The van der Waals surface area contributed by atoms with Crippen molar-refractivity contribution in [3.63, 3.8) is 0 Å². The first kappa shape index (κ1) is 17.6. The summed E-state index contributed by atoms with van der Waals surface area (Å²) in [7, 11) is 1.63. The third-order valence-corrected chi connectivity index (χ3v) is 6.09. The molecule has 0 aliphatic heterocycles. The molecule has 0 spiro atoms. The van der Waals surface area contributed by atoms with Crippen LogP contribution in [0.3, 0.4) is 0 Å². The first-order chi connectivity index (χ1) is 11.6. The molecule has 2 heterocycles. The average molecular weight is 401 g/mol. The number of thiophene rings is 1. The number of hydrogen-bond acceptors (Lipinski definition) is 4. The van der Waals surface area contributed by atoms with Gasteiger partial charge in [-0.2, -0.15) is 4.99 Å². The van der Waals surface area contributed by atoms with Gasteiger partial charge in [-0.3, -0.25) is 4.79 Å². The third kappa shape index (κ3) is 3.73. The molecule has 3 rings (SSSR count). The van der Waals surface area contributed by atoms with Crippen LogP contribution in [-0.2, 0) is 22.5 Å². The highest BCUT2D eigenvalue weighted by molar-refractivity contribution is 7.17. The number of carbonyl (C=O) groups excluding carboxylic acids is 1. The SMILES string of the molecule is COCCn1c(=NC(=O)Cc2cccs2)sc2c(Cl)ccc(Cl)c21. The van der Waals surface area contributed by atoms with Crippen LogP contribution in [0.1, 0.15) is 4.88 Å². The van der Waals surface area contributed by atoms with Crippen molar-refractivity contribution in [2.24, 2.45) is 4.99 Å². The van der Waals surface area contributed by atoms with E-state index < -0.39 is 0 Å². The summed E-state index contributed by atoms with van der Waals surface area (Å²) in [5.41, 5.74) is 0.786. The van der Waals surface area contributed by atoms with Crippen molar-refractivity contribution >= 4 is 62.0 Å². The van der Waals surface area contributed by atoms with Crippen LogP contribution in [0.15, 0.2) is 34.6 Å². The van der Waals surface area contributed by atoms with E-state index in [0.717, 1.165) is 15.1 Å². The van der Waals surface area contributed by atoms with Crippen LogP contribution < -0.4 is 4.80 Å². The maximum Gasteiger partial charge on any atom is 0.253 e. The number of rotatable bonds is 5.